The lowest BCUT2D eigenvalue weighted by Gasteiger charge is -2.39. The number of methoxy groups -OCH3 is 3. The maximum Gasteiger partial charge on any atom is 0.340 e. The summed E-state index contributed by atoms with van der Waals surface area (Å²) in [5.74, 6) is 0.482. The molecule has 170 valence electrons. The second-order valence-corrected chi connectivity index (χ2v) is 8.49. The third-order valence-corrected chi connectivity index (χ3v) is 6.78. The molecule has 2 aliphatic heterocycles. The molecule has 0 aliphatic carbocycles. The molecule has 5 rings (SSSR count). The first-order valence-electron chi connectivity index (χ1n) is 10.3. The van der Waals surface area contributed by atoms with E-state index >= 15 is 0 Å². The van der Waals surface area contributed by atoms with E-state index in [1.54, 1.807) is 30.6 Å². The molecule has 2 atom stereocenters. The molecule has 0 saturated carbocycles. The summed E-state index contributed by atoms with van der Waals surface area (Å²) in [5.41, 5.74) is 2.26. The van der Waals surface area contributed by atoms with Crippen molar-refractivity contribution in [1.29, 1.82) is 0 Å². The number of hydrogen-bond acceptors (Lipinski definition) is 8. The zero-order valence-corrected chi connectivity index (χ0v) is 19.1. The van der Waals surface area contributed by atoms with Gasteiger partial charge < -0.3 is 24.1 Å². The van der Waals surface area contributed by atoms with Crippen molar-refractivity contribution >= 4 is 23.0 Å². The van der Waals surface area contributed by atoms with Gasteiger partial charge >= 0.3 is 5.97 Å². The molecule has 0 radical (unpaired) electrons. The predicted molar refractivity (Wildman–Crippen MR) is 123 cm³/mol. The monoisotopic (exact) mass is 466 g/mol. The number of carboxylic acids is 1. The van der Waals surface area contributed by atoms with E-state index in [-0.39, 0.29) is 17.4 Å². The molecule has 33 heavy (non-hydrogen) atoms. The minimum absolute atomic E-state index is 0.0290. The van der Waals surface area contributed by atoms with Crippen LogP contribution in [0.1, 0.15) is 45.1 Å². The van der Waals surface area contributed by atoms with Crippen LogP contribution in [0.3, 0.4) is 0 Å². The average molecular weight is 467 g/mol. The molecule has 3 heterocycles. The van der Waals surface area contributed by atoms with Crippen LogP contribution in [-0.4, -0.2) is 43.1 Å². The van der Waals surface area contributed by atoms with Crippen LogP contribution in [0, 0.1) is 0 Å². The van der Waals surface area contributed by atoms with Gasteiger partial charge in [0.05, 0.1) is 38.0 Å². The van der Waals surface area contributed by atoms with E-state index in [9.17, 15) is 9.90 Å². The van der Waals surface area contributed by atoms with E-state index in [0.717, 1.165) is 16.2 Å². The highest BCUT2D eigenvalue weighted by Gasteiger charge is 2.44. The van der Waals surface area contributed by atoms with E-state index in [1.165, 1.54) is 14.2 Å². The molecule has 3 aromatic rings. The lowest BCUT2D eigenvalue weighted by atomic mass is 9.96. The van der Waals surface area contributed by atoms with Gasteiger partial charge in [-0.1, -0.05) is 18.2 Å². The quantitative estimate of drug-likeness (QED) is 0.562. The first kappa shape index (κ1) is 21.1. The number of hydrazone groups is 1. The minimum atomic E-state index is -1.15. The van der Waals surface area contributed by atoms with E-state index < -0.39 is 12.2 Å². The van der Waals surface area contributed by atoms with Crippen LogP contribution in [0.25, 0.3) is 0 Å². The summed E-state index contributed by atoms with van der Waals surface area (Å²) < 4.78 is 22.7. The molecule has 0 bridgehead atoms. The lowest BCUT2D eigenvalue weighted by molar-refractivity contribution is -0.0217. The molecule has 2 aromatic carbocycles. The van der Waals surface area contributed by atoms with Gasteiger partial charge in [0.15, 0.2) is 23.0 Å². The Bertz CT molecular complexity index is 1240. The van der Waals surface area contributed by atoms with Crippen LogP contribution in [-0.2, 0) is 0 Å². The number of carboxylic acid groups (broad SMARTS) is 1. The highest BCUT2D eigenvalue weighted by Crippen LogP contribution is 2.52. The van der Waals surface area contributed by atoms with Crippen LogP contribution in [0.4, 0.5) is 0 Å². The van der Waals surface area contributed by atoms with Crippen molar-refractivity contribution in [3.05, 3.63) is 69.4 Å². The fraction of sp³-hybridized carbons (Fsp3) is 0.250. The maximum absolute atomic E-state index is 12.4. The third kappa shape index (κ3) is 3.36. The van der Waals surface area contributed by atoms with E-state index in [0.29, 0.717) is 29.2 Å². The first-order valence-corrected chi connectivity index (χ1v) is 11.2. The number of fused-ring (bicyclic) bond motifs is 3. The molecule has 8 nitrogen and oxygen atoms in total. The van der Waals surface area contributed by atoms with Gasteiger partial charge in [-0.3, -0.25) is 0 Å². The minimum Gasteiger partial charge on any atom is -0.493 e. The van der Waals surface area contributed by atoms with Gasteiger partial charge in [0.25, 0.3) is 0 Å². The van der Waals surface area contributed by atoms with Gasteiger partial charge in [-0.05, 0) is 29.6 Å². The fourth-order valence-corrected chi connectivity index (χ4v) is 5.13. The van der Waals surface area contributed by atoms with E-state index in [4.69, 9.17) is 24.0 Å². The summed E-state index contributed by atoms with van der Waals surface area (Å²) in [4.78, 5) is 13.4. The average Bonchev–Trinajstić information content (AvgIpc) is 3.52. The highest BCUT2D eigenvalue weighted by atomic mass is 32.1. The van der Waals surface area contributed by atoms with Crippen molar-refractivity contribution in [2.24, 2.45) is 5.10 Å². The Labute approximate surface area is 194 Å². The Balaban J connectivity index is 1.71. The van der Waals surface area contributed by atoms with Crippen molar-refractivity contribution < 1.29 is 28.8 Å². The largest absolute Gasteiger partial charge is 0.493 e. The summed E-state index contributed by atoms with van der Waals surface area (Å²) in [5, 5.41) is 18.8. The topological polar surface area (TPSA) is 89.8 Å². The molecule has 1 aromatic heterocycles. The molecule has 0 amide bonds. The van der Waals surface area contributed by atoms with Crippen molar-refractivity contribution in [2.75, 3.05) is 21.3 Å². The number of rotatable bonds is 6. The molecule has 0 saturated heterocycles. The molecule has 1 N–H and O–H groups in total. The van der Waals surface area contributed by atoms with Gasteiger partial charge in [-0.25, -0.2) is 9.80 Å². The Morgan fingerprint density at radius 2 is 1.88 bits per heavy atom. The standard InChI is InChI=1S/C24H22N2O6S/c1-29-17-7-4-6-13-16-12-15(19-8-5-11-33-19)25-26(16)23(32-21(13)17)14-9-10-18(30-2)22(31-3)20(14)24(27)28/h4-11,16,23H,12H2,1-3H3,(H,27,28). The van der Waals surface area contributed by atoms with Crippen molar-refractivity contribution in [2.45, 2.75) is 18.7 Å². The number of nitrogens with zero attached hydrogens (tertiary/aromatic N) is 2. The Morgan fingerprint density at radius 3 is 2.55 bits per heavy atom. The molecular formula is C24H22N2O6S. The summed E-state index contributed by atoms with van der Waals surface area (Å²) in [6.07, 6.45) is -0.141. The molecule has 0 fully saturated rings. The number of ether oxygens (including phenoxy) is 4. The second kappa shape index (κ2) is 8.32. The van der Waals surface area contributed by atoms with E-state index in [1.807, 2.05) is 40.7 Å². The van der Waals surface area contributed by atoms with Gasteiger partial charge in [-0.15, -0.1) is 11.3 Å². The summed E-state index contributed by atoms with van der Waals surface area (Å²) in [6.45, 7) is 0. The van der Waals surface area contributed by atoms with Crippen LogP contribution in [0.15, 0.2) is 52.9 Å². The number of benzene rings is 2. The van der Waals surface area contributed by atoms with Gasteiger partial charge in [-0.2, -0.15) is 5.10 Å². The maximum atomic E-state index is 12.4. The zero-order valence-electron chi connectivity index (χ0n) is 18.3. The second-order valence-electron chi connectivity index (χ2n) is 7.54. The van der Waals surface area contributed by atoms with Crippen LogP contribution in [0.5, 0.6) is 23.0 Å². The molecule has 2 unspecified atom stereocenters. The number of aromatic carboxylic acids is 1. The summed E-state index contributed by atoms with van der Waals surface area (Å²) >= 11 is 1.62. The smallest absolute Gasteiger partial charge is 0.340 e. The summed E-state index contributed by atoms with van der Waals surface area (Å²) in [6, 6.07) is 13.0. The zero-order chi connectivity index (χ0) is 23.1. The Kier molecular flexibility index (Phi) is 5.33. The van der Waals surface area contributed by atoms with Crippen LogP contribution < -0.4 is 18.9 Å². The Morgan fingerprint density at radius 1 is 1.06 bits per heavy atom. The predicted octanol–water partition coefficient (Wildman–Crippen LogP) is 4.71. The normalized spacial score (nSPS) is 18.6. The molecule has 9 heteroatoms. The number of hydrogen-bond donors (Lipinski definition) is 1. The fourth-order valence-electron chi connectivity index (χ4n) is 4.41. The lowest BCUT2D eigenvalue weighted by Crippen LogP contribution is -2.35. The van der Waals surface area contributed by atoms with Crippen LogP contribution in [0.2, 0.25) is 0 Å². The van der Waals surface area contributed by atoms with Gasteiger partial charge in [0.2, 0.25) is 6.23 Å². The number of para-hydroxylation sites is 1. The first-order chi connectivity index (χ1) is 16.1. The van der Waals surface area contributed by atoms with E-state index in [2.05, 4.69) is 0 Å². The summed E-state index contributed by atoms with van der Waals surface area (Å²) in [7, 11) is 4.47. The highest BCUT2D eigenvalue weighted by molar-refractivity contribution is 7.12. The van der Waals surface area contributed by atoms with Crippen molar-refractivity contribution in [1.82, 2.24) is 5.01 Å². The SMILES string of the molecule is COc1cccc2c1OC(c1ccc(OC)c(OC)c1C(=O)O)N1N=C(c3cccs3)CC21. The van der Waals surface area contributed by atoms with Crippen LogP contribution >= 0.6 is 11.3 Å². The van der Waals surface area contributed by atoms with Gasteiger partial charge in [0, 0.05) is 17.5 Å². The van der Waals surface area contributed by atoms with Crippen molar-refractivity contribution in [3.8, 4) is 23.0 Å². The van der Waals surface area contributed by atoms with Gasteiger partial charge in [0.1, 0.15) is 5.56 Å². The molecular weight excluding hydrogens is 444 g/mol. The molecule has 2 aliphatic rings. The molecule has 0 spiro atoms. The Hall–Kier alpha value is -3.72. The van der Waals surface area contributed by atoms with Crippen molar-refractivity contribution in [3.63, 3.8) is 0 Å². The number of carbonyl (C=O) groups is 1. The number of thiophene rings is 1. The third-order valence-electron chi connectivity index (χ3n) is 5.86.